The van der Waals surface area contributed by atoms with Crippen LogP contribution in [0.2, 0.25) is 5.02 Å². The van der Waals surface area contributed by atoms with E-state index >= 15 is 0 Å². The van der Waals surface area contributed by atoms with Crippen molar-refractivity contribution in [2.24, 2.45) is 0 Å². The lowest BCUT2D eigenvalue weighted by atomic mass is 10.1. The van der Waals surface area contributed by atoms with E-state index in [1.54, 1.807) is 36.4 Å². The molecule has 4 rings (SSSR count). The highest BCUT2D eigenvalue weighted by molar-refractivity contribution is 7.09. The molecule has 0 saturated carbocycles. The second-order valence-corrected chi connectivity index (χ2v) is 8.23. The zero-order valence-corrected chi connectivity index (χ0v) is 17.8. The van der Waals surface area contributed by atoms with E-state index in [1.807, 2.05) is 4.90 Å². The van der Waals surface area contributed by atoms with Gasteiger partial charge in [-0.2, -0.15) is 4.37 Å². The first kappa shape index (κ1) is 20.6. The first-order valence-corrected chi connectivity index (χ1v) is 10.9. The number of amides is 2. The van der Waals surface area contributed by atoms with Crippen molar-refractivity contribution < 1.29 is 9.18 Å². The molecule has 0 radical (unpaired) electrons. The number of nitrogens with zero attached hydrogens (tertiary/aromatic N) is 4. The normalized spacial score (nSPS) is 14.5. The van der Waals surface area contributed by atoms with E-state index in [-0.39, 0.29) is 11.8 Å². The van der Waals surface area contributed by atoms with Crippen LogP contribution in [0.25, 0.3) is 0 Å². The van der Waals surface area contributed by atoms with Crippen molar-refractivity contribution in [2.45, 2.75) is 12.8 Å². The van der Waals surface area contributed by atoms with Gasteiger partial charge in [0, 0.05) is 54.8 Å². The first-order valence-electron chi connectivity index (χ1n) is 9.70. The van der Waals surface area contributed by atoms with E-state index < -0.39 is 0 Å². The summed E-state index contributed by atoms with van der Waals surface area (Å²) in [6.07, 6.45) is 1.42. The van der Waals surface area contributed by atoms with Crippen molar-refractivity contribution in [1.29, 1.82) is 0 Å². The minimum Gasteiger partial charge on any atom is -0.345 e. The quantitative estimate of drug-likeness (QED) is 0.634. The van der Waals surface area contributed by atoms with Crippen LogP contribution in [0.5, 0.6) is 0 Å². The van der Waals surface area contributed by atoms with E-state index in [4.69, 9.17) is 11.6 Å². The molecule has 1 saturated heterocycles. The van der Waals surface area contributed by atoms with Crippen LogP contribution in [0.1, 0.15) is 17.8 Å². The molecule has 9 heteroatoms. The van der Waals surface area contributed by atoms with Gasteiger partial charge in [0.15, 0.2) is 0 Å². The van der Waals surface area contributed by atoms with Crippen molar-refractivity contribution in [1.82, 2.24) is 14.3 Å². The second kappa shape index (κ2) is 9.40. The predicted molar refractivity (Wildman–Crippen MR) is 118 cm³/mol. The molecule has 1 N–H and O–H groups in total. The maximum absolute atomic E-state index is 13.1. The molecule has 2 heterocycles. The molecule has 2 aromatic carbocycles. The number of hydrogen-bond donors (Lipinski definition) is 1. The van der Waals surface area contributed by atoms with Crippen LogP contribution in [-0.4, -0.2) is 46.5 Å². The second-order valence-electron chi connectivity index (χ2n) is 7.06. The maximum Gasteiger partial charge on any atom is 0.321 e. The first-order chi connectivity index (χ1) is 14.6. The van der Waals surface area contributed by atoms with Gasteiger partial charge in [0.05, 0.1) is 0 Å². The highest BCUT2D eigenvalue weighted by Gasteiger charge is 2.21. The molecule has 2 amide bonds. The molecule has 0 unspecified atom stereocenters. The van der Waals surface area contributed by atoms with Crippen LogP contribution in [0.15, 0.2) is 48.5 Å². The summed E-state index contributed by atoms with van der Waals surface area (Å²) in [6.45, 7) is 2.79. The molecule has 0 bridgehead atoms. The fraction of sp³-hybridized carbons (Fsp3) is 0.286. The van der Waals surface area contributed by atoms with E-state index in [1.165, 1.54) is 23.7 Å². The summed E-state index contributed by atoms with van der Waals surface area (Å²) >= 11 is 7.25. The third kappa shape index (κ3) is 5.25. The number of carbonyl (C=O) groups is 1. The van der Waals surface area contributed by atoms with Crippen LogP contribution in [0.3, 0.4) is 0 Å². The van der Waals surface area contributed by atoms with Crippen molar-refractivity contribution in [3.8, 4) is 0 Å². The third-order valence-corrected chi connectivity index (χ3v) is 5.95. The number of aromatic nitrogens is 2. The molecule has 1 fully saturated rings. The SMILES string of the molecule is O=C(Nc1ccc(Cl)cc1)N1CCCN(c2nc(Cc3ccc(F)cc3)ns2)CC1. The molecule has 156 valence electrons. The van der Waals surface area contributed by atoms with Gasteiger partial charge in [0.25, 0.3) is 0 Å². The predicted octanol–water partition coefficient (Wildman–Crippen LogP) is 4.67. The number of carbonyl (C=O) groups excluding carboxylic acids is 1. The van der Waals surface area contributed by atoms with Gasteiger partial charge in [-0.1, -0.05) is 23.7 Å². The average Bonchev–Trinajstić information content (AvgIpc) is 3.06. The zero-order chi connectivity index (χ0) is 20.9. The molecule has 6 nitrogen and oxygen atoms in total. The Morgan fingerprint density at radius 3 is 2.60 bits per heavy atom. The number of anilines is 2. The average molecular weight is 446 g/mol. The minimum atomic E-state index is -0.250. The lowest BCUT2D eigenvalue weighted by Gasteiger charge is -2.22. The highest BCUT2D eigenvalue weighted by Crippen LogP contribution is 2.21. The van der Waals surface area contributed by atoms with Gasteiger partial charge >= 0.3 is 6.03 Å². The molecular formula is C21H21ClFN5OS. The molecule has 0 atom stereocenters. The van der Waals surface area contributed by atoms with Crippen molar-refractivity contribution in [3.63, 3.8) is 0 Å². The Balaban J connectivity index is 1.33. The van der Waals surface area contributed by atoms with E-state index in [9.17, 15) is 9.18 Å². The number of rotatable bonds is 4. The molecular weight excluding hydrogens is 425 g/mol. The number of hydrogen-bond acceptors (Lipinski definition) is 5. The molecule has 0 spiro atoms. The Bertz CT molecular complexity index is 995. The molecule has 0 aliphatic carbocycles. The lowest BCUT2D eigenvalue weighted by Crippen LogP contribution is -2.38. The number of nitrogens with one attached hydrogen (secondary N) is 1. The monoisotopic (exact) mass is 445 g/mol. The van der Waals surface area contributed by atoms with Gasteiger partial charge in [-0.05, 0) is 48.4 Å². The van der Waals surface area contributed by atoms with E-state index in [2.05, 4.69) is 19.6 Å². The number of benzene rings is 2. The van der Waals surface area contributed by atoms with Gasteiger partial charge in [-0.3, -0.25) is 0 Å². The minimum absolute atomic E-state index is 0.117. The molecule has 1 aliphatic rings. The summed E-state index contributed by atoms with van der Waals surface area (Å²) in [6, 6.07) is 13.3. The number of urea groups is 1. The van der Waals surface area contributed by atoms with Gasteiger partial charge in [-0.15, -0.1) is 0 Å². The van der Waals surface area contributed by atoms with E-state index in [0.717, 1.165) is 35.2 Å². The fourth-order valence-electron chi connectivity index (χ4n) is 3.28. The topological polar surface area (TPSA) is 61.4 Å². The summed E-state index contributed by atoms with van der Waals surface area (Å²) in [5, 5.41) is 4.40. The summed E-state index contributed by atoms with van der Waals surface area (Å²) in [5.74, 6) is 0.475. The van der Waals surface area contributed by atoms with Crippen LogP contribution in [0.4, 0.5) is 20.0 Å². The van der Waals surface area contributed by atoms with Gasteiger partial charge in [0.1, 0.15) is 11.6 Å². The molecule has 3 aromatic rings. The Morgan fingerprint density at radius 2 is 1.83 bits per heavy atom. The van der Waals surface area contributed by atoms with Crippen molar-refractivity contribution >= 4 is 40.0 Å². The molecule has 1 aliphatic heterocycles. The van der Waals surface area contributed by atoms with E-state index in [0.29, 0.717) is 31.1 Å². The lowest BCUT2D eigenvalue weighted by molar-refractivity contribution is 0.215. The highest BCUT2D eigenvalue weighted by atomic mass is 35.5. The molecule has 30 heavy (non-hydrogen) atoms. The zero-order valence-electron chi connectivity index (χ0n) is 16.2. The van der Waals surface area contributed by atoms with Crippen LogP contribution >= 0.6 is 23.1 Å². The largest absolute Gasteiger partial charge is 0.345 e. The van der Waals surface area contributed by atoms with Crippen molar-refractivity contribution in [2.75, 3.05) is 36.4 Å². The maximum atomic E-state index is 13.1. The fourth-order valence-corrected chi connectivity index (χ4v) is 4.14. The summed E-state index contributed by atoms with van der Waals surface area (Å²) in [7, 11) is 0. The Kier molecular flexibility index (Phi) is 6.44. The summed E-state index contributed by atoms with van der Waals surface area (Å²) in [4.78, 5) is 21.2. The van der Waals surface area contributed by atoms with Crippen molar-refractivity contribution in [3.05, 3.63) is 70.8 Å². The van der Waals surface area contributed by atoms with Gasteiger partial charge in [0.2, 0.25) is 5.13 Å². The summed E-state index contributed by atoms with van der Waals surface area (Å²) in [5.41, 5.74) is 1.70. The summed E-state index contributed by atoms with van der Waals surface area (Å²) < 4.78 is 17.5. The Hall–Kier alpha value is -2.71. The standard InChI is InChI=1S/C21H21ClFN5OS/c22-16-4-8-18(9-5-16)24-20(29)27-10-1-11-28(13-12-27)21-25-19(26-30-21)14-15-2-6-17(23)7-3-15/h2-9H,1,10-14H2,(H,24,29). The third-order valence-electron chi connectivity index (χ3n) is 4.88. The smallest absolute Gasteiger partial charge is 0.321 e. The van der Waals surface area contributed by atoms with Gasteiger partial charge in [-0.25, -0.2) is 14.2 Å². The Labute approximate surface area is 183 Å². The van der Waals surface area contributed by atoms with Crippen LogP contribution < -0.4 is 10.2 Å². The van der Waals surface area contributed by atoms with Crippen LogP contribution in [-0.2, 0) is 6.42 Å². The Morgan fingerprint density at radius 1 is 1.07 bits per heavy atom. The molecule has 1 aromatic heterocycles. The number of halogens is 2. The van der Waals surface area contributed by atoms with Gasteiger partial charge < -0.3 is 15.1 Å². The van der Waals surface area contributed by atoms with Crippen LogP contribution in [0, 0.1) is 5.82 Å².